The average Bonchev–Trinajstić information content (AvgIpc) is 2.08. The van der Waals surface area contributed by atoms with E-state index in [0.717, 1.165) is 25.7 Å². The van der Waals surface area contributed by atoms with Crippen molar-refractivity contribution in [3.05, 3.63) is 4.91 Å². The van der Waals surface area contributed by atoms with Crippen molar-refractivity contribution in [1.82, 2.24) is 5.32 Å². The smallest absolute Gasteiger partial charge is 0.0987 e. The maximum absolute atomic E-state index is 10.2. The third kappa shape index (κ3) is 3.35. The highest BCUT2D eigenvalue weighted by Crippen LogP contribution is 2.20. The van der Waals surface area contributed by atoms with Crippen LogP contribution in [-0.4, -0.2) is 29.3 Å². The number of nitrogens with one attached hydrogen (secondary N) is 1. The van der Waals surface area contributed by atoms with E-state index in [1.807, 2.05) is 13.8 Å². The molecular formula is C10H20N2O2. The largest absolute Gasteiger partial charge is 0.392 e. The summed E-state index contributed by atoms with van der Waals surface area (Å²) in [5.41, 5.74) is -0.301. The molecule has 1 aliphatic rings. The molecule has 0 amide bonds. The van der Waals surface area contributed by atoms with E-state index >= 15 is 0 Å². The lowest BCUT2D eigenvalue weighted by atomic mass is 9.90. The SMILES string of the molecule is CC(C)(CN=O)NC1CCCCC1O. The van der Waals surface area contributed by atoms with Gasteiger partial charge in [0.15, 0.2) is 0 Å². The second kappa shape index (κ2) is 4.84. The van der Waals surface area contributed by atoms with Crippen LogP contribution in [0.5, 0.6) is 0 Å². The summed E-state index contributed by atoms with van der Waals surface area (Å²) in [7, 11) is 0. The molecule has 0 aliphatic heterocycles. The van der Waals surface area contributed by atoms with Crippen LogP contribution in [0, 0.1) is 4.91 Å². The number of aliphatic hydroxyl groups excluding tert-OH is 1. The maximum Gasteiger partial charge on any atom is 0.0987 e. The zero-order valence-corrected chi connectivity index (χ0v) is 8.99. The molecule has 1 aliphatic carbocycles. The molecule has 4 nitrogen and oxygen atoms in total. The normalized spacial score (nSPS) is 28.8. The Bertz CT molecular complexity index is 195. The zero-order valence-electron chi connectivity index (χ0n) is 8.99. The van der Waals surface area contributed by atoms with Crippen molar-refractivity contribution < 1.29 is 5.11 Å². The predicted molar refractivity (Wildman–Crippen MR) is 56.1 cm³/mol. The summed E-state index contributed by atoms with van der Waals surface area (Å²) in [6.07, 6.45) is 3.84. The van der Waals surface area contributed by atoms with Gasteiger partial charge in [-0.2, -0.15) is 4.91 Å². The van der Waals surface area contributed by atoms with Gasteiger partial charge in [0.1, 0.15) is 0 Å². The van der Waals surface area contributed by atoms with E-state index in [1.165, 1.54) is 0 Å². The van der Waals surface area contributed by atoms with Crippen molar-refractivity contribution in [2.24, 2.45) is 5.18 Å². The molecule has 1 fully saturated rings. The van der Waals surface area contributed by atoms with Gasteiger partial charge < -0.3 is 10.4 Å². The van der Waals surface area contributed by atoms with Gasteiger partial charge in [0.05, 0.1) is 12.6 Å². The monoisotopic (exact) mass is 200 g/mol. The van der Waals surface area contributed by atoms with Gasteiger partial charge in [0.25, 0.3) is 0 Å². The molecule has 4 heteroatoms. The van der Waals surface area contributed by atoms with Crippen LogP contribution < -0.4 is 5.32 Å². The molecule has 0 saturated heterocycles. The van der Waals surface area contributed by atoms with Crippen molar-refractivity contribution >= 4 is 0 Å². The Balaban J connectivity index is 2.44. The second-order valence-corrected chi connectivity index (χ2v) is 4.77. The van der Waals surface area contributed by atoms with Gasteiger partial charge in [-0.3, -0.25) is 0 Å². The van der Waals surface area contributed by atoms with Gasteiger partial charge in [-0.1, -0.05) is 18.0 Å². The molecular weight excluding hydrogens is 180 g/mol. The van der Waals surface area contributed by atoms with Crippen molar-refractivity contribution in [1.29, 1.82) is 0 Å². The van der Waals surface area contributed by atoms with Crippen LogP contribution >= 0.6 is 0 Å². The molecule has 2 atom stereocenters. The average molecular weight is 200 g/mol. The molecule has 0 radical (unpaired) electrons. The Morgan fingerprint density at radius 3 is 2.64 bits per heavy atom. The number of aliphatic hydroxyl groups is 1. The van der Waals surface area contributed by atoms with E-state index in [4.69, 9.17) is 0 Å². The summed E-state index contributed by atoms with van der Waals surface area (Å²) < 4.78 is 0. The molecule has 1 rings (SSSR count). The summed E-state index contributed by atoms with van der Waals surface area (Å²) in [5, 5.41) is 15.9. The third-order valence-electron chi connectivity index (χ3n) is 2.77. The molecule has 2 unspecified atom stereocenters. The summed E-state index contributed by atoms with van der Waals surface area (Å²) in [5.74, 6) is 0. The molecule has 0 aromatic carbocycles. The molecule has 82 valence electrons. The minimum Gasteiger partial charge on any atom is -0.392 e. The summed E-state index contributed by atoms with van der Waals surface area (Å²) in [6.45, 7) is 4.13. The highest BCUT2D eigenvalue weighted by atomic mass is 16.3. The summed E-state index contributed by atoms with van der Waals surface area (Å²) >= 11 is 0. The van der Waals surface area contributed by atoms with Gasteiger partial charge in [-0.15, -0.1) is 0 Å². The Morgan fingerprint density at radius 2 is 2.07 bits per heavy atom. The minimum absolute atomic E-state index is 0.125. The number of nitroso groups, excluding NO2 is 1. The van der Waals surface area contributed by atoms with Crippen LogP contribution in [0.1, 0.15) is 39.5 Å². The minimum atomic E-state index is -0.301. The Kier molecular flexibility index (Phi) is 4.01. The molecule has 0 bridgehead atoms. The van der Waals surface area contributed by atoms with Gasteiger partial charge in [0.2, 0.25) is 0 Å². The van der Waals surface area contributed by atoms with Gasteiger partial charge in [-0.25, -0.2) is 0 Å². The standard InChI is InChI=1S/C10H20N2O2/c1-10(2,7-11-14)12-8-5-3-4-6-9(8)13/h8-9,12-13H,3-7H2,1-2H3. The van der Waals surface area contributed by atoms with Crippen LogP contribution in [0.3, 0.4) is 0 Å². The highest BCUT2D eigenvalue weighted by molar-refractivity contribution is 4.89. The van der Waals surface area contributed by atoms with Crippen molar-refractivity contribution in [3.63, 3.8) is 0 Å². The molecule has 0 heterocycles. The Labute approximate surface area is 85.1 Å². The molecule has 0 spiro atoms. The topological polar surface area (TPSA) is 61.7 Å². The van der Waals surface area contributed by atoms with E-state index in [2.05, 4.69) is 10.5 Å². The van der Waals surface area contributed by atoms with E-state index in [9.17, 15) is 10.0 Å². The maximum atomic E-state index is 10.2. The van der Waals surface area contributed by atoms with E-state index < -0.39 is 0 Å². The van der Waals surface area contributed by atoms with Crippen LogP contribution in [-0.2, 0) is 0 Å². The second-order valence-electron chi connectivity index (χ2n) is 4.77. The van der Waals surface area contributed by atoms with Crippen LogP contribution in [0.15, 0.2) is 5.18 Å². The van der Waals surface area contributed by atoms with Crippen LogP contribution in [0.2, 0.25) is 0 Å². The number of nitrogens with zero attached hydrogens (tertiary/aromatic N) is 1. The Morgan fingerprint density at radius 1 is 1.43 bits per heavy atom. The number of hydrogen-bond acceptors (Lipinski definition) is 4. The predicted octanol–water partition coefficient (Wildman–Crippen LogP) is 1.42. The molecule has 14 heavy (non-hydrogen) atoms. The first-order chi connectivity index (χ1) is 6.55. The van der Waals surface area contributed by atoms with Crippen LogP contribution in [0.4, 0.5) is 0 Å². The van der Waals surface area contributed by atoms with E-state index in [1.54, 1.807) is 0 Å². The van der Waals surface area contributed by atoms with Gasteiger partial charge in [-0.05, 0) is 26.7 Å². The van der Waals surface area contributed by atoms with Crippen molar-refractivity contribution in [3.8, 4) is 0 Å². The number of rotatable bonds is 4. The third-order valence-corrected chi connectivity index (χ3v) is 2.77. The summed E-state index contributed by atoms with van der Waals surface area (Å²) in [6, 6.07) is 0.125. The highest BCUT2D eigenvalue weighted by Gasteiger charge is 2.28. The molecule has 0 aromatic rings. The van der Waals surface area contributed by atoms with Crippen molar-refractivity contribution in [2.45, 2.75) is 57.2 Å². The van der Waals surface area contributed by atoms with Gasteiger partial charge in [0, 0.05) is 11.6 Å². The fourth-order valence-corrected chi connectivity index (χ4v) is 1.99. The molecule has 1 saturated carbocycles. The molecule has 0 aromatic heterocycles. The summed E-state index contributed by atoms with van der Waals surface area (Å²) in [4.78, 5) is 10.2. The fourth-order valence-electron chi connectivity index (χ4n) is 1.99. The first-order valence-electron chi connectivity index (χ1n) is 5.30. The lowest BCUT2D eigenvalue weighted by molar-refractivity contribution is 0.0769. The fraction of sp³-hybridized carbons (Fsp3) is 1.00. The first kappa shape index (κ1) is 11.6. The Hall–Kier alpha value is -0.480. The molecule has 2 N–H and O–H groups in total. The van der Waals surface area contributed by atoms with E-state index in [-0.39, 0.29) is 24.2 Å². The van der Waals surface area contributed by atoms with Gasteiger partial charge >= 0.3 is 0 Å². The van der Waals surface area contributed by atoms with Crippen molar-refractivity contribution in [2.75, 3.05) is 6.54 Å². The zero-order chi connectivity index (χ0) is 10.6. The lowest BCUT2D eigenvalue weighted by Crippen LogP contribution is -2.53. The van der Waals surface area contributed by atoms with E-state index in [0.29, 0.717) is 0 Å². The van der Waals surface area contributed by atoms with Crippen LogP contribution in [0.25, 0.3) is 0 Å². The lowest BCUT2D eigenvalue weighted by Gasteiger charge is -2.35. The quantitative estimate of drug-likeness (QED) is 0.675. The number of hydrogen-bond donors (Lipinski definition) is 2. The first-order valence-corrected chi connectivity index (χ1v) is 5.30.